The molecule has 0 aliphatic heterocycles. The van der Waals surface area contributed by atoms with E-state index < -0.39 is 5.82 Å². The van der Waals surface area contributed by atoms with Crippen LogP contribution >= 0.6 is 11.3 Å². The van der Waals surface area contributed by atoms with Crippen molar-refractivity contribution in [2.24, 2.45) is 0 Å². The highest BCUT2D eigenvalue weighted by molar-refractivity contribution is 7.10. The molecule has 0 aliphatic rings. The summed E-state index contributed by atoms with van der Waals surface area (Å²) in [7, 11) is 0. The summed E-state index contributed by atoms with van der Waals surface area (Å²) < 4.78 is 18.4. The highest BCUT2D eigenvalue weighted by Gasteiger charge is 2.11. The fraction of sp³-hybridized carbons (Fsp3) is 0.214. The van der Waals surface area contributed by atoms with Crippen LogP contribution in [0.25, 0.3) is 0 Å². The van der Waals surface area contributed by atoms with E-state index in [0.717, 1.165) is 4.88 Å². The number of carbonyl (C=O) groups excluding carboxylic acids is 1. The van der Waals surface area contributed by atoms with Crippen LogP contribution in [0, 0.1) is 5.82 Å². The van der Waals surface area contributed by atoms with Gasteiger partial charge in [-0.3, -0.25) is 4.79 Å². The van der Waals surface area contributed by atoms with E-state index >= 15 is 0 Å². The summed E-state index contributed by atoms with van der Waals surface area (Å²) in [6, 6.07) is 9.82. The maximum atomic E-state index is 13.3. The van der Waals surface area contributed by atoms with E-state index in [1.165, 1.54) is 12.1 Å². The minimum Gasteiger partial charge on any atom is -0.481 e. The van der Waals surface area contributed by atoms with E-state index in [9.17, 15) is 9.18 Å². The summed E-state index contributed by atoms with van der Waals surface area (Å²) in [5.41, 5.74) is 0. The van der Waals surface area contributed by atoms with Crippen LogP contribution in [0.4, 0.5) is 4.39 Å². The monoisotopic (exact) mass is 279 g/mol. The SMILES string of the molecule is CC(NC(=O)COc1ccccc1F)c1cccs1. The second-order valence-corrected chi connectivity index (χ2v) is 5.00. The van der Waals surface area contributed by atoms with Crippen LogP contribution in [-0.2, 0) is 4.79 Å². The van der Waals surface area contributed by atoms with Gasteiger partial charge in [-0.2, -0.15) is 0 Å². The number of rotatable bonds is 5. The molecule has 19 heavy (non-hydrogen) atoms. The predicted molar refractivity (Wildman–Crippen MR) is 72.8 cm³/mol. The van der Waals surface area contributed by atoms with Gasteiger partial charge in [-0.1, -0.05) is 18.2 Å². The summed E-state index contributed by atoms with van der Waals surface area (Å²) in [4.78, 5) is 12.7. The van der Waals surface area contributed by atoms with E-state index in [1.807, 2.05) is 24.4 Å². The minimum absolute atomic E-state index is 0.0725. The van der Waals surface area contributed by atoms with Crippen molar-refractivity contribution in [1.82, 2.24) is 5.32 Å². The second kappa shape index (κ2) is 6.33. The lowest BCUT2D eigenvalue weighted by Gasteiger charge is -2.13. The van der Waals surface area contributed by atoms with E-state index in [-0.39, 0.29) is 24.3 Å². The Bertz CT molecular complexity index is 542. The third kappa shape index (κ3) is 3.79. The number of carbonyl (C=O) groups is 1. The molecule has 1 aromatic heterocycles. The molecular weight excluding hydrogens is 265 g/mol. The fourth-order valence-electron chi connectivity index (χ4n) is 1.60. The molecule has 5 heteroatoms. The van der Waals surface area contributed by atoms with Gasteiger partial charge in [-0.25, -0.2) is 4.39 Å². The number of nitrogens with one attached hydrogen (secondary N) is 1. The molecule has 1 heterocycles. The first kappa shape index (κ1) is 13.5. The third-order valence-corrected chi connectivity index (χ3v) is 3.60. The second-order valence-electron chi connectivity index (χ2n) is 4.02. The maximum Gasteiger partial charge on any atom is 0.258 e. The fourth-order valence-corrected chi connectivity index (χ4v) is 2.33. The Labute approximate surface area is 115 Å². The van der Waals surface area contributed by atoms with E-state index in [0.29, 0.717) is 0 Å². The van der Waals surface area contributed by atoms with Crippen molar-refractivity contribution in [3.63, 3.8) is 0 Å². The van der Waals surface area contributed by atoms with Crippen LogP contribution in [0.1, 0.15) is 17.8 Å². The molecule has 0 aliphatic carbocycles. The molecule has 1 aromatic carbocycles. The maximum absolute atomic E-state index is 13.3. The molecule has 1 atom stereocenters. The van der Waals surface area contributed by atoms with Gasteiger partial charge in [0.1, 0.15) is 0 Å². The molecule has 1 N–H and O–H groups in total. The van der Waals surface area contributed by atoms with Gasteiger partial charge in [0.15, 0.2) is 18.2 Å². The number of halogens is 1. The Morgan fingerprint density at radius 1 is 1.37 bits per heavy atom. The smallest absolute Gasteiger partial charge is 0.258 e. The molecule has 1 amide bonds. The van der Waals surface area contributed by atoms with Crippen LogP contribution in [0.15, 0.2) is 41.8 Å². The first-order chi connectivity index (χ1) is 9.16. The Morgan fingerprint density at radius 2 is 2.16 bits per heavy atom. The minimum atomic E-state index is -0.471. The van der Waals surface area contributed by atoms with Crippen LogP contribution < -0.4 is 10.1 Å². The topological polar surface area (TPSA) is 38.3 Å². The molecule has 0 bridgehead atoms. The lowest BCUT2D eigenvalue weighted by molar-refractivity contribution is -0.123. The number of thiophene rings is 1. The van der Waals surface area contributed by atoms with Gasteiger partial charge in [0.25, 0.3) is 5.91 Å². The summed E-state index contributed by atoms with van der Waals surface area (Å²) in [6.07, 6.45) is 0. The van der Waals surface area contributed by atoms with Crippen molar-refractivity contribution < 1.29 is 13.9 Å². The van der Waals surface area contributed by atoms with Crippen LogP contribution in [0.3, 0.4) is 0 Å². The standard InChI is InChI=1S/C14H14FNO2S/c1-10(13-7-4-8-19-13)16-14(17)9-18-12-6-3-2-5-11(12)15/h2-8,10H,9H2,1H3,(H,16,17). The van der Waals surface area contributed by atoms with E-state index in [2.05, 4.69) is 5.32 Å². The van der Waals surface area contributed by atoms with Gasteiger partial charge in [0.05, 0.1) is 6.04 Å². The van der Waals surface area contributed by atoms with Crippen LogP contribution in [-0.4, -0.2) is 12.5 Å². The quantitative estimate of drug-likeness (QED) is 0.913. The summed E-state index contributed by atoms with van der Waals surface area (Å²) >= 11 is 1.57. The zero-order valence-corrected chi connectivity index (χ0v) is 11.2. The average molecular weight is 279 g/mol. The first-order valence-electron chi connectivity index (χ1n) is 5.87. The molecule has 0 saturated carbocycles. The molecular formula is C14H14FNO2S. The van der Waals surface area contributed by atoms with Gasteiger partial charge in [0, 0.05) is 4.88 Å². The molecule has 100 valence electrons. The summed E-state index contributed by atoms with van der Waals surface area (Å²) in [6.45, 7) is 1.70. The van der Waals surface area contributed by atoms with Gasteiger partial charge in [-0.05, 0) is 30.5 Å². The molecule has 0 fully saturated rings. The number of benzene rings is 1. The van der Waals surface area contributed by atoms with Gasteiger partial charge in [-0.15, -0.1) is 11.3 Å². The normalized spacial score (nSPS) is 11.9. The Kier molecular flexibility index (Phi) is 4.52. The highest BCUT2D eigenvalue weighted by atomic mass is 32.1. The average Bonchev–Trinajstić information content (AvgIpc) is 2.91. The molecule has 0 radical (unpaired) electrons. The summed E-state index contributed by atoms with van der Waals surface area (Å²) in [5, 5.41) is 4.75. The van der Waals surface area contributed by atoms with Gasteiger partial charge >= 0.3 is 0 Å². The number of amides is 1. The Balaban J connectivity index is 1.84. The van der Waals surface area contributed by atoms with Crippen molar-refractivity contribution in [2.45, 2.75) is 13.0 Å². The number of para-hydroxylation sites is 1. The third-order valence-electron chi connectivity index (χ3n) is 2.54. The number of ether oxygens (including phenoxy) is 1. The van der Waals surface area contributed by atoms with Crippen molar-refractivity contribution in [1.29, 1.82) is 0 Å². The van der Waals surface area contributed by atoms with E-state index in [1.54, 1.807) is 23.5 Å². The van der Waals surface area contributed by atoms with Gasteiger partial charge in [0.2, 0.25) is 0 Å². The Hall–Kier alpha value is -1.88. The van der Waals surface area contributed by atoms with Crippen LogP contribution in [0.5, 0.6) is 5.75 Å². The summed E-state index contributed by atoms with van der Waals surface area (Å²) in [5.74, 6) is -0.660. The van der Waals surface area contributed by atoms with Crippen molar-refractivity contribution >= 4 is 17.2 Å². The van der Waals surface area contributed by atoms with Crippen LogP contribution in [0.2, 0.25) is 0 Å². The highest BCUT2D eigenvalue weighted by Crippen LogP contribution is 2.18. The predicted octanol–water partition coefficient (Wildman–Crippen LogP) is 3.14. The number of hydrogen-bond acceptors (Lipinski definition) is 3. The zero-order chi connectivity index (χ0) is 13.7. The molecule has 2 aromatic rings. The van der Waals surface area contributed by atoms with Crippen molar-refractivity contribution in [3.8, 4) is 5.75 Å². The lowest BCUT2D eigenvalue weighted by atomic mass is 10.3. The molecule has 0 spiro atoms. The van der Waals surface area contributed by atoms with Gasteiger partial charge < -0.3 is 10.1 Å². The van der Waals surface area contributed by atoms with Crippen molar-refractivity contribution in [2.75, 3.05) is 6.61 Å². The molecule has 1 unspecified atom stereocenters. The van der Waals surface area contributed by atoms with Crippen molar-refractivity contribution in [3.05, 3.63) is 52.5 Å². The van der Waals surface area contributed by atoms with E-state index in [4.69, 9.17) is 4.74 Å². The molecule has 2 rings (SSSR count). The lowest BCUT2D eigenvalue weighted by Crippen LogP contribution is -2.31. The number of hydrogen-bond donors (Lipinski definition) is 1. The molecule has 0 saturated heterocycles. The molecule has 3 nitrogen and oxygen atoms in total. The Morgan fingerprint density at radius 3 is 2.84 bits per heavy atom. The first-order valence-corrected chi connectivity index (χ1v) is 6.75. The largest absolute Gasteiger partial charge is 0.481 e. The zero-order valence-electron chi connectivity index (χ0n) is 10.4.